The summed E-state index contributed by atoms with van der Waals surface area (Å²) in [7, 11) is 8.49. The summed E-state index contributed by atoms with van der Waals surface area (Å²) in [6.07, 6.45) is 0. The first-order valence-corrected chi connectivity index (χ1v) is 8.61. The van der Waals surface area contributed by atoms with Crippen LogP contribution in [0.4, 0.5) is 5.69 Å². The Kier molecular flexibility index (Phi) is 6.41. The molecule has 3 nitrogen and oxygen atoms in total. The van der Waals surface area contributed by atoms with Gasteiger partial charge in [0.15, 0.2) is 0 Å². The van der Waals surface area contributed by atoms with Crippen LogP contribution in [0.1, 0.15) is 29.7 Å². The Hall–Kier alpha value is -1.84. The van der Waals surface area contributed by atoms with Crippen LogP contribution < -0.4 is 10.2 Å². The molecule has 1 N–H and O–H groups in total. The van der Waals surface area contributed by atoms with Crippen molar-refractivity contribution in [2.45, 2.75) is 32.5 Å². The highest BCUT2D eigenvalue weighted by molar-refractivity contribution is 5.54. The van der Waals surface area contributed by atoms with Crippen molar-refractivity contribution in [2.75, 3.05) is 33.1 Å². The number of anilines is 1. The summed E-state index contributed by atoms with van der Waals surface area (Å²) in [6, 6.07) is 18.1. The van der Waals surface area contributed by atoms with Gasteiger partial charge in [-0.25, -0.2) is 0 Å². The third-order valence-corrected chi connectivity index (χ3v) is 4.69. The highest BCUT2D eigenvalue weighted by atomic mass is 15.1. The first-order valence-electron chi connectivity index (χ1n) is 8.61. The zero-order valence-electron chi connectivity index (χ0n) is 15.9. The quantitative estimate of drug-likeness (QED) is 0.834. The summed E-state index contributed by atoms with van der Waals surface area (Å²) >= 11 is 0. The van der Waals surface area contributed by atoms with Crippen LogP contribution in [0.15, 0.2) is 48.5 Å². The molecule has 0 heterocycles. The molecule has 0 fully saturated rings. The molecule has 0 aliphatic rings. The van der Waals surface area contributed by atoms with Gasteiger partial charge in [-0.05, 0) is 50.7 Å². The third kappa shape index (κ3) is 4.59. The second-order valence-electron chi connectivity index (χ2n) is 7.00. The molecule has 0 aliphatic carbocycles. The van der Waals surface area contributed by atoms with Crippen LogP contribution in [0.3, 0.4) is 0 Å². The van der Waals surface area contributed by atoms with Crippen molar-refractivity contribution in [1.29, 1.82) is 0 Å². The fourth-order valence-electron chi connectivity index (χ4n) is 2.99. The Morgan fingerprint density at radius 2 is 1.62 bits per heavy atom. The number of nitrogens with one attached hydrogen (secondary N) is 1. The predicted octanol–water partition coefficient (Wildman–Crippen LogP) is 3.84. The lowest BCUT2D eigenvalue weighted by Crippen LogP contribution is -2.39. The number of hydrogen-bond acceptors (Lipinski definition) is 3. The van der Waals surface area contributed by atoms with E-state index in [0.29, 0.717) is 6.04 Å². The second kappa shape index (κ2) is 8.32. The smallest absolute Gasteiger partial charge is 0.0477 e. The molecule has 0 saturated carbocycles. The molecule has 0 saturated heterocycles. The normalized spacial score (nSPS) is 13.8. The van der Waals surface area contributed by atoms with Crippen molar-refractivity contribution < 1.29 is 0 Å². The minimum Gasteiger partial charge on any atom is -0.377 e. The maximum Gasteiger partial charge on any atom is 0.0477 e. The van der Waals surface area contributed by atoms with Gasteiger partial charge in [0.1, 0.15) is 0 Å². The van der Waals surface area contributed by atoms with E-state index in [0.717, 1.165) is 6.54 Å². The number of rotatable bonds is 7. The van der Waals surface area contributed by atoms with Crippen LogP contribution in [0.25, 0.3) is 0 Å². The van der Waals surface area contributed by atoms with E-state index in [2.05, 4.69) is 106 Å². The molecule has 2 aromatic carbocycles. The van der Waals surface area contributed by atoms with Gasteiger partial charge in [-0.2, -0.15) is 0 Å². The van der Waals surface area contributed by atoms with Gasteiger partial charge in [0.25, 0.3) is 0 Å². The summed E-state index contributed by atoms with van der Waals surface area (Å²) in [5.74, 6) is 0. The van der Waals surface area contributed by atoms with Crippen molar-refractivity contribution in [1.82, 2.24) is 10.2 Å². The van der Waals surface area contributed by atoms with Crippen LogP contribution in [-0.2, 0) is 6.54 Å². The maximum absolute atomic E-state index is 3.78. The Bertz CT molecular complexity index is 635. The molecule has 0 radical (unpaired) electrons. The lowest BCUT2D eigenvalue weighted by atomic mass is 9.99. The molecular formula is C21H31N3. The van der Waals surface area contributed by atoms with Crippen LogP contribution >= 0.6 is 0 Å². The molecule has 0 spiro atoms. The van der Waals surface area contributed by atoms with Crippen molar-refractivity contribution in [3.63, 3.8) is 0 Å². The van der Waals surface area contributed by atoms with Crippen molar-refractivity contribution in [3.8, 4) is 0 Å². The number of benzene rings is 2. The van der Waals surface area contributed by atoms with E-state index in [9.17, 15) is 0 Å². The molecule has 2 rings (SSSR count). The summed E-state index contributed by atoms with van der Waals surface area (Å²) in [4.78, 5) is 4.46. The van der Waals surface area contributed by atoms with E-state index in [1.54, 1.807) is 0 Å². The van der Waals surface area contributed by atoms with E-state index in [-0.39, 0.29) is 6.04 Å². The molecule has 24 heavy (non-hydrogen) atoms. The summed E-state index contributed by atoms with van der Waals surface area (Å²) < 4.78 is 0. The van der Waals surface area contributed by atoms with E-state index in [4.69, 9.17) is 0 Å². The molecule has 0 unspecified atom stereocenters. The van der Waals surface area contributed by atoms with Crippen molar-refractivity contribution in [2.24, 2.45) is 0 Å². The molecule has 0 aliphatic heterocycles. The number of aryl methyl sites for hydroxylation is 1. The van der Waals surface area contributed by atoms with Gasteiger partial charge in [0.05, 0.1) is 0 Å². The largest absolute Gasteiger partial charge is 0.377 e. The number of nitrogens with zero attached hydrogens (tertiary/aromatic N) is 2. The van der Waals surface area contributed by atoms with E-state index >= 15 is 0 Å². The summed E-state index contributed by atoms with van der Waals surface area (Å²) in [5, 5.41) is 3.78. The predicted molar refractivity (Wildman–Crippen MR) is 105 cm³/mol. The Morgan fingerprint density at radius 3 is 2.21 bits per heavy atom. The topological polar surface area (TPSA) is 18.5 Å². The standard InChI is InChI=1S/C21H31N3/c1-16-12-13-19(20(14-16)24(5)6)15-22-21(17(2)23(3)4)18-10-8-7-9-11-18/h7-14,17,21-22H,15H2,1-6H3/t17-,21-/m1/s1. The zero-order chi connectivity index (χ0) is 17.7. The van der Waals surface area contributed by atoms with Crippen molar-refractivity contribution >= 4 is 5.69 Å². The summed E-state index contributed by atoms with van der Waals surface area (Å²) in [6.45, 7) is 5.27. The van der Waals surface area contributed by atoms with Gasteiger partial charge in [0, 0.05) is 38.4 Å². The van der Waals surface area contributed by atoms with Gasteiger partial charge in [-0.3, -0.25) is 0 Å². The lowest BCUT2D eigenvalue weighted by molar-refractivity contribution is 0.245. The first kappa shape index (κ1) is 18.5. The SMILES string of the molecule is Cc1ccc(CN[C@@H](c2ccccc2)[C@@H](C)N(C)C)c(N(C)C)c1. The van der Waals surface area contributed by atoms with E-state index < -0.39 is 0 Å². The molecule has 2 aromatic rings. The average Bonchev–Trinajstić information content (AvgIpc) is 2.56. The van der Waals surface area contributed by atoms with Crippen molar-refractivity contribution in [3.05, 3.63) is 65.2 Å². The second-order valence-corrected chi connectivity index (χ2v) is 7.00. The molecule has 0 amide bonds. The Balaban J connectivity index is 2.23. The van der Waals surface area contributed by atoms with Crippen LogP contribution in [-0.4, -0.2) is 39.1 Å². The highest BCUT2D eigenvalue weighted by Gasteiger charge is 2.21. The van der Waals surface area contributed by atoms with E-state index in [1.165, 1.54) is 22.4 Å². The van der Waals surface area contributed by atoms with E-state index in [1.807, 2.05) is 0 Å². The van der Waals surface area contributed by atoms with Crippen LogP contribution in [0.5, 0.6) is 0 Å². The first-order chi connectivity index (χ1) is 11.4. The van der Waals surface area contributed by atoms with Gasteiger partial charge >= 0.3 is 0 Å². The highest BCUT2D eigenvalue weighted by Crippen LogP contribution is 2.24. The molecule has 130 valence electrons. The lowest BCUT2D eigenvalue weighted by Gasteiger charge is -2.31. The van der Waals surface area contributed by atoms with Crippen LogP contribution in [0.2, 0.25) is 0 Å². The minimum absolute atomic E-state index is 0.289. The Labute approximate surface area is 147 Å². The van der Waals surface area contributed by atoms with Gasteiger partial charge in [-0.1, -0.05) is 42.5 Å². The molecule has 3 heteroatoms. The average molecular weight is 326 g/mol. The fraction of sp³-hybridized carbons (Fsp3) is 0.429. The summed E-state index contributed by atoms with van der Waals surface area (Å²) in [5.41, 5.74) is 5.24. The number of hydrogen-bond donors (Lipinski definition) is 1. The van der Waals surface area contributed by atoms with Gasteiger partial charge in [0.2, 0.25) is 0 Å². The zero-order valence-corrected chi connectivity index (χ0v) is 15.9. The monoisotopic (exact) mass is 325 g/mol. The molecule has 2 atom stereocenters. The third-order valence-electron chi connectivity index (χ3n) is 4.69. The Morgan fingerprint density at radius 1 is 0.958 bits per heavy atom. The maximum atomic E-state index is 3.78. The molecule has 0 bridgehead atoms. The van der Waals surface area contributed by atoms with Gasteiger partial charge in [-0.15, -0.1) is 0 Å². The molecule has 0 aromatic heterocycles. The fourth-order valence-corrected chi connectivity index (χ4v) is 2.99. The minimum atomic E-state index is 0.289. The number of likely N-dealkylation sites (N-methyl/N-ethyl adjacent to an activating group) is 1. The van der Waals surface area contributed by atoms with Crippen LogP contribution in [0, 0.1) is 6.92 Å². The molecular weight excluding hydrogens is 294 g/mol. The van der Waals surface area contributed by atoms with Gasteiger partial charge < -0.3 is 15.1 Å².